The Morgan fingerprint density at radius 1 is 0.750 bits per heavy atom. The first kappa shape index (κ1) is 23.1. The van der Waals surface area contributed by atoms with E-state index in [0.717, 1.165) is 32.1 Å². The smallest absolute Gasteiger partial charge is 0.165 e. The Balaban J connectivity index is 4.16. The van der Waals surface area contributed by atoms with Crippen molar-refractivity contribution in [3.63, 3.8) is 0 Å². The topological polar surface area (TPSA) is 18.5 Å². The lowest BCUT2D eigenvalue weighted by Gasteiger charge is -2.28. The lowest BCUT2D eigenvalue weighted by molar-refractivity contribution is -0.223. The van der Waals surface area contributed by atoms with Crippen molar-refractivity contribution in [1.29, 1.82) is 0 Å². The van der Waals surface area contributed by atoms with Crippen molar-refractivity contribution < 1.29 is 9.47 Å². The van der Waals surface area contributed by atoms with Crippen molar-refractivity contribution in [1.82, 2.24) is 0 Å². The third-order valence-corrected chi connectivity index (χ3v) is 4.11. The molecule has 2 nitrogen and oxygen atoms in total. The summed E-state index contributed by atoms with van der Waals surface area (Å²) in [5.74, 6) is -0.443. The molecule has 0 saturated heterocycles. The molecule has 140 valence electrons. The van der Waals surface area contributed by atoms with Crippen molar-refractivity contribution in [2.75, 3.05) is 13.2 Å². The minimum atomic E-state index is -0.443. The summed E-state index contributed by atoms with van der Waals surface area (Å²) in [4.78, 5) is 0. The predicted molar refractivity (Wildman–Crippen MR) is 106 cm³/mol. The van der Waals surface area contributed by atoms with Crippen LogP contribution in [-0.2, 0) is 9.47 Å². The molecule has 0 aliphatic carbocycles. The summed E-state index contributed by atoms with van der Waals surface area (Å²) in [5, 5.41) is 0. The second-order valence-corrected chi connectivity index (χ2v) is 7.00. The first-order valence-electron chi connectivity index (χ1n) is 9.55. The second-order valence-electron chi connectivity index (χ2n) is 7.00. The zero-order chi connectivity index (χ0) is 18.4. The third kappa shape index (κ3) is 12.5. The maximum atomic E-state index is 5.75. The van der Waals surface area contributed by atoms with E-state index in [1.165, 1.54) is 23.1 Å². The van der Waals surface area contributed by atoms with Crippen LogP contribution in [0, 0.1) is 0 Å². The summed E-state index contributed by atoms with van der Waals surface area (Å²) >= 11 is 0. The molecule has 0 fully saturated rings. The Hall–Kier alpha value is -0.860. The summed E-state index contributed by atoms with van der Waals surface area (Å²) < 4.78 is 11.5. The summed E-state index contributed by atoms with van der Waals surface area (Å²) in [6.07, 6.45) is 13.6. The summed E-state index contributed by atoms with van der Waals surface area (Å²) in [7, 11) is 0. The molecule has 0 aromatic carbocycles. The molecule has 0 amide bonds. The fraction of sp³-hybridized carbons (Fsp3) is 0.727. The van der Waals surface area contributed by atoms with Crippen LogP contribution in [0.15, 0.2) is 34.9 Å². The van der Waals surface area contributed by atoms with Gasteiger partial charge in [-0.3, -0.25) is 0 Å². The Bertz CT molecular complexity index is 406. The minimum Gasteiger partial charge on any atom is -0.351 e. The monoisotopic (exact) mass is 336 g/mol. The molecule has 0 spiro atoms. The Morgan fingerprint density at radius 3 is 1.67 bits per heavy atom. The zero-order valence-corrected chi connectivity index (χ0v) is 17.2. The normalized spacial score (nSPS) is 13.3. The van der Waals surface area contributed by atoms with E-state index >= 15 is 0 Å². The molecule has 0 aromatic heterocycles. The van der Waals surface area contributed by atoms with Gasteiger partial charge in [0.2, 0.25) is 0 Å². The highest BCUT2D eigenvalue weighted by molar-refractivity contribution is 5.05. The van der Waals surface area contributed by atoms with Gasteiger partial charge < -0.3 is 9.47 Å². The van der Waals surface area contributed by atoms with Gasteiger partial charge in [-0.25, -0.2) is 0 Å². The highest BCUT2D eigenvalue weighted by Crippen LogP contribution is 2.21. The molecule has 2 heteroatoms. The maximum Gasteiger partial charge on any atom is 0.165 e. The predicted octanol–water partition coefficient (Wildman–Crippen LogP) is 6.98. The van der Waals surface area contributed by atoms with E-state index in [0.29, 0.717) is 13.2 Å². The molecule has 0 atom stereocenters. The molecule has 0 rings (SSSR count). The van der Waals surface area contributed by atoms with Crippen molar-refractivity contribution >= 4 is 0 Å². The number of hydrogen-bond acceptors (Lipinski definition) is 2. The molecular weight excluding hydrogens is 296 g/mol. The van der Waals surface area contributed by atoms with E-state index < -0.39 is 5.79 Å². The maximum absolute atomic E-state index is 5.75. The van der Waals surface area contributed by atoms with Crippen LogP contribution < -0.4 is 0 Å². The van der Waals surface area contributed by atoms with Gasteiger partial charge in [0.1, 0.15) is 0 Å². The molecular formula is C22H40O2. The van der Waals surface area contributed by atoms with Crippen molar-refractivity contribution in [2.45, 2.75) is 92.8 Å². The highest BCUT2D eigenvalue weighted by Gasteiger charge is 2.23. The van der Waals surface area contributed by atoms with Gasteiger partial charge in [0.15, 0.2) is 5.79 Å². The lowest BCUT2D eigenvalue weighted by Crippen LogP contribution is -2.32. The molecule has 24 heavy (non-hydrogen) atoms. The van der Waals surface area contributed by atoms with Gasteiger partial charge in [0.25, 0.3) is 0 Å². The van der Waals surface area contributed by atoms with Crippen molar-refractivity contribution in [3.05, 3.63) is 34.9 Å². The zero-order valence-electron chi connectivity index (χ0n) is 17.2. The molecule has 0 heterocycles. The van der Waals surface area contributed by atoms with E-state index in [2.05, 4.69) is 45.9 Å². The lowest BCUT2D eigenvalue weighted by atomic mass is 10.0. The second kappa shape index (κ2) is 13.4. The first-order chi connectivity index (χ1) is 11.3. The molecule has 0 aliphatic heterocycles. The average Bonchev–Trinajstić information content (AvgIpc) is 2.47. The molecule has 0 saturated carbocycles. The van der Waals surface area contributed by atoms with Crippen molar-refractivity contribution in [3.8, 4) is 0 Å². The van der Waals surface area contributed by atoms with E-state index in [9.17, 15) is 0 Å². The number of hydrogen-bond donors (Lipinski definition) is 0. The van der Waals surface area contributed by atoms with Gasteiger partial charge in [-0.15, -0.1) is 0 Å². The number of ether oxygens (including phenoxy) is 2. The molecule has 0 N–H and O–H groups in total. The van der Waals surface area contributed by atoms with Crippen LogP contribution >= 0.6 is 0 Å². The van der Waals surface area contributed by atoms with Gasteiger partial charge in [-0.2, -0.15) is 0 Å². The minimum absolute atomic E-state index is 0.443. The van der Waals surface area contributed by atoms with E-state index in [1.54, 1.807) is 0 Å². The van der Waals surface area contributed by atoms with Crippen LogP contribution in [0.3, 0.4) is 0 Å². The van der Waals surface area contributed by atoms with E-state index in [-0.39, 0.29) is 0 Å². The summed E-state index contributed by atoms with van der Waals surface area (Å²) in [6, 6.07) is 0. The van der Waals surface area contributed by atoms with Gasteiger partial charge in [0.05, 0.1) is 0 Å². The average molecular weight is 337 g/mol. The number of allylic oxidation sites excluding steroid dienone is 6. The molecule has 0 unspecified atom stereocenters. The van der Waals surface area contributed by atoms with E-state index in [4.69, 9.17) is 9.47 Å². The van der Waals surface area contributed by atoms with Crippen LogP contribution in [0.4, 0.5) is 0 Å². The van der Waals surface area contributed by atoms with Gasteiger partial charge in [-0.1, -0.05) is 34.9 Å². The fourth-order valence-electron chi connectivity index (χ4n) is 2.72. The Kier molecular flexibility index (Phi) is 13.0. The number of rotatable bonds is 13. The molecule has 0 bridgehead atoms. The van der Waals surface area contributed by atoms with Crippen LogP contribution in [0.1, 0.15) is 87.0 Å². The van der Waals surface area contributed by atoms with Gasteiger partial charge in [0, 0.05) is 19.6 Å². The summed E-state index contributed by atoms with van der Waals surface area (Å²) in [6.45, 7) is 16.3. The quantitative estimate of drug-likeness (QED) is 0.267. The standard InChI is InChI=1S/C22H40O2/c1-8-23-22(7,24-9-2)18-12-17-21(6)16-11-15-20(5)14-10-13-19(3)4/h13,15,17H,8-12,14,16,18H2,1-7H3. The van der Waals surface area contributed by atoms with Crippen LogP contribution in [-0.4, -0.2) is 19.0 Å². The fourth-order valence-corrected chi connectivity index (χ4v) is 2.72. The largest absolute Gasteiger partial charge is 0.351 e. The first-order valence-corrected chi connectivity index (χ1v) is 9.55. The molecule has 0 aliphatic rings. The SMILES string of the molecule is CCOC(C)(CCC=C(C)CCC=C(C)CCC=C(C)C)OCC. The van der Waals surface area contributed by atoms with Crippen LogP contribution in [0.25, 0.3) is 0 Å². The Labute approximate surface area is 151 Å². The van der Waals surface area contributed by atoms with Crippen LogP contribution in [0.5, 0.6) is 0 Å². The van der Waals surface area contributed by atoms with Crippen LogP contribution in [0.2, 0.25) is 0 Å². The highest BCUT2D eigenvalue weighted by atomic mass is 16.7. The summed E-state index contributed by atoms with van der Waals surface area (Å²) in [5.41, 5.74) is 4.37. The van der Waals surface area contributed by atoms with Crippen molar-refractivity contribution in [2.24, 2.45) is 0 Å². The molecule has 0 radical (unpaired) electrons. The van der Waals surface area contributed by atoms with Gasteiger partial charge >= 0.3 is 0 Å². The third-order valence-electron chi connectivity index (χ3n) is 4.11. The molecule has 0 aromatic rings. The van der Waals surface area contributed by atoms with E-state index in [1.807, 2.05) is 20.8 Å². The van der Waals surface area contributed by atoms with Gasteiger partial charge in [-0.05, 0) is 80.6 Å². The Morgan fingerprint density at radius 2 is 1.21 bits per heavy atom.